The van der Waals surface area contributed by atoms with E-state index in [4.69, 9.17) is 0 Å². The Morgan fingerprint density at radius 1 is 1.00 bits per heavy atom. The molecule has 0 saturated heterocycles. The SMILES string of the molecule is CCC=CCCC(CCC)c1ccccc1. The van der Waals surface area contributed by atoms with Gasteiger partial charge in [0.15, 0.2) is 0 Å². The third kappa shape index (κ3) is 4.65. The van der Waals surface area contributed by atoms with Gasteiger partial charge in [-0.25, -0.2) is 0 Å². The molecule has 0 N–H and O–H groups in total. The average Bonchev–Trinajstić information content (AvgIpc) is 2.34. The monoisotopic (exact) mass is 216 g/mol. The van der Waals surface area contributed by atoms with Gasteiger partial charge in [0, 0.05) is 0 Å². The van der Waals surface area contributed by atoms with Gasteiger partial charge < -0.3 is 0 Å². The van der Waals surface area contributed by atoms with Crippen LogP contribution in [0.3, 0.4) is 0 Å². The minimum Gasteiger partial charge on any atom is -0.0888 e. The van der Waals surface area contributed by atoms with Crippen LogP contribution in [0.5, 0.6) is 0 Å². The summed E-state index contributed by atoms with van der Waals surface area (Å²) < 4.78 is 0. The molecule has 1 unspecified atom stereocenters. The first-order chi connectivity index (χ1) is 7.88. The summed E-state index contributed by atoms with van der Waals surface area (Å²) in [7, 11) is 0. The van der Waals surface area contributed by atoms with Gasteiger partial charge in [0.2, 0.25) is 0 Å². The number of rotatable bonds is 7. The molecule has 0 aliphatic carbocycles. The summed E-state index contributed by atoms with van der Waals surface area (Å²) in [6, 6.07) is 10.9. The molecule has 1 aromatic carbocycles. The van der Waals surface area contributed by atoms with E-state index in [1.807, 2.05) is 0 Å². The molecule has 0 saturated carbocycles. The molecular weight excluding hydrogens is 192 g/mol. The molecule has 0 bridgehead atoms. The van der Waals surface area contributed by atoms with Gasteiger partial charge in [-0.3, -0.25) is 0 Å². The topological polar surface area (TPSA) is 0 Å². The predicted molar refractivity (Wildman–Crippen MR) is 72.8 cm³/mol. The smallest absolute Gasteiger partial charge is 0.0159 e. The van der Waals surface area contributed by atoms with Crippen LogP contribution < -0.4 is 0 Å². The lowest BCUT2D eigenvalue weighted by Gasteiger charge is -2.15. The predicted octanol–water partition coefficient (Wildman–Crippen LogP) is 5.32. The fourth-order valence-electron chi connectivity index (χ4n) is 2.13. The van der Waals surface area contributed by atoms with Crippen LogP contribution in [0.4, 0.5) is 0 Å². The van der Waals surface area contributed by atoms with Crippen molar-refractivity contribution in [1.82, 2.24) is 0 Å². The maximum atomic E-state index is 2.33. The van der Waals surface area contributed by atoms with E-state index in [-0.39, 0.29) is 0 Å². The molecule has 1 rings (SSSR count). The molecule has 1 atom stereocenters. The molecule has 0 aromatic heterocycles. The van der Waals surface area contributed by atoms with Gasteiger partial charge in [0.05, 0.1) is 0 Å². The van der Waals surface area contributed by atoms with E-state index in [1.165, 1.54) is 31.2 Å². The van der Waals surface area contributed by atoms with Crippen LogP contribution in [0.15, 0.2) is 42.5 Å². The molecule has 0 aliphatic heterocycles. The Morgan fingerprint density at radius 2 is 1.75 bits per heavy atom. The van der Waals surface area contributed by atoms with Crippen LogP contribution in [0.2, 0.25) is 0 Å². The lowest BCUT2D eigenvalue weighted by atomic mass is 9.90. The zero-order valence-electron chi connectivity index (χ0n) is 10.7. The fraction of sp³-hybridized carbons (Fsp3) is 0.500. The summed E-state index contributed by atoms with van der Waals surface area (Å²) in [5.74, 6) is 0.743. The van der Waals surface area contributed by atoms with Gasteiger partial charge in [0.25, 0.3) is 0 Å². The Bertz CT molecular complexity index is 284. The summed E-state index contributed by atoms with van der Waals surface area (Å²) >= 11 is 0. The highest BCUT2D eigenvalue weighted by Crippen LogP contribution is 2.26. The fourth-order valence-corrected chi connectivity index (χ4v) is 2.13. The third-order valence-electron chi connectivity index (χ3n) is 2.99. The van der Waals surface area contributed by atoms with Gasteiger partial charge in [0.1, 0.15) is 0 Å². The van der Waals surface area contributed by atoms with E-state index in [2.05, 4.69) is 56.3 Å². The summed E-state index contributed by atoms with van der Waals surface area (Å²) in [6.07, 6.45) is 10.8. The van der Waals surface area contributed by atoms with Crippen molar-refractivity contribution in [3.05, 3.63) is 48.0 Å². The van der Waals surface area contributed by atoms with Crippen LogP contribution in [-0.2, 0) is 0 Å². The molecule has 0 amide bonds. The molecule has 0 spiro atoms. The van der Waals surface area contributed by atoms with Crippen LogP contribution in [-0.4, -0.2) is 0 Å². The van der Waals surface area contributed by atoms with E-state index in [9.17, 15) is 0 Å². The first kappa shape index (κ1) is 13.0. The highest BCUT2D eigenvalue weighted by Gasteiger charge is 2.08. The Balaban J connectivity index is 2.51. The van der Waals surface area contributed by atoms with E-state index in [0.29, 0.717) is 0 Å². The Morgan fingerprint density at radius 3 is 2.38 bits per heavy atom. The maximum absolute atomic E-state index is 2.33. The highest BCUT2D eigenvalue weighted by molar-refractivity contribution is 5.19. The normalized spacial score (nSPS) is 13.1. The van der Waals surface area contributed by atoms with Crippen molar-refractivity contribution < 1.29 is 0 Å². The lowest BCUT2D eigenvalue weighted by Crippen LogP contribution is -1.97. The van der Waals surface area contributed by atoms with Crippen molar-refractivity contribution in [2.75, 3.05) is 0 Å². The van der Waals surface area contributed by atoms with Crippen molar-refractivity contribution in [2.45, 2.75) is 51.9 Å². The molecule has 0 heteroatoms. The third-order valence-corrected chi connectivity index (χ3v) is 2.99. The first-order valence-electron chi connectivity index (χ1n) is 6.58. The van der Waals surface area contributed by atoms with Gasteiger partial charge in [-0.05, 0) is 37.2 Å². The van der Waals surface area contributed by atoms with Crippen molar-refractivity contribution >= 4 is 0 Å². The Hall–Kier alpha value is -1.04. The minimum atomic E-state index is 0.743. The van der Waals surface area contributed by atoms with Gasteiger partial charge in [-0.15, -0.1) is 0 Å². The second-order valence-corrected chi connectivity index (χ2v) is 4.35. The summed E-state index contributed by atoms with van der Waals surface area (Å²) in [6.45, 7) is 4.47. The van der Waals surface area contributed by atoms with E-state index < -0.39 is 0 Å². The van der Waals surface area contributed by atoms with E-state index >= 15 is 0 Å². The molecule has 0 aliphatic rings. The van der Waals surface area contributed by atoms with Crippen molar-refractivity contribution in [2.24, 2.45) is 0 Å². The zero-order chi connectivity index (χ0) is 11.6. The second kappa shape index (κ2) is 8.15. The lowest BCUT2D eigenvalue weighted by molar-refractivity contribution is 0.574. The van der Waals surface area contributed by atoms with Crippen LogP contribution in [0.25, 0.3) is 0 Å². The zero-order valence-corrected chi connectivity index (χ0v) is 10.7. The first-order valence-corrected chi connectivity index (χ1v) is 6.58. The van der Waals surface area contributed by atoms with E-state index in [1.54, 1.807) is 0 Å². The molecule has 0 fully saturated rings. The number of benzene rings is 1. The number of hydrogen-bond donors (Lipinski definition) is 0. The average molecular weight is 216 g/mol. The van der Waals surface area contributed by atoms with Crippen LogP contribution in [0, 0.1) is 0 Å². The Kier molecular flexibility index (Phi) is 6.64. The molecule has 88 valence electrons. The van der Waals surface area contributed by atoms with Crippen LogP contribution in [0.1, 0.15) is 57.4 Å². The molecule has 0 nitrogen and oxygen atoms in total. The minimum absolute atomic E-state index is 0.743. The standard InChI is InChI=1S/C16H24/c1-3-5-6-8-12-15(11-4-2)16-13-9-7-10-14-16/h5-7,9-10,13-15H,3-4,8,11-12H2,1-2H3. The maximum Gasteiger partial charge on any atom is -0.0159 e. The van der Waals surface area contributed by atoms with E-state index in [0.717, 1.165) is 12.3 Å². The van der Waals surface area contributed by atoms with Crippen LogP contribution >= 0.6 is 0 Å². The molecule has 1 aromatic rings. The van der Waals surface area contributed by atoms with Gasteiger partial charge in [-0.1, -0.05) is 62.8 Å². The van der Waals surface area contributed by atoms with Crippen molar-refractivity contribution in [3.8, 4) is 0 Å². The molecule has 0 heterocycles. The number of hydrogen-bond acceptors (Lipinski definition) is 0. The Labute approximate surface area is 100 Å². The van der Waals surface area contributed by atoms with Gasteiger partial charge >= 0.3 is 0 Å². The number of allylic oxidation sites excluding steroid dienone is 2. The van der Waals surface area contributed by atoms with Gasteiger partial charge in [-0.2, -0.15) is 0 Å². The summed E-state index contributed by atoms with van der Waals surface area (Å²) in [5.41, 5.74) is 1.51. The molecule has 16 heavy (non-hydrogen) atoms. The second-order valence-electron chi connectivity index (χ2n) is 4.35. The molecular formula is C16H24. The van der Waals surface area contributed by atoms with Crippen molar-refractivity contribution in [1.29, 1.82) is 0 Å². The quantitative estimate of drug-likeness (QED) is 0.541. The summed E-state index contributed by atoms with van der Waals surface area (Å²) in [5, 5.41) is 0. The largest absolute Gasteiger partial charge is 0.0888 e. The van der Waals surface area contributed by atoms with Crippen molar-refractivity contribution in [3.63, 3.8) is 0 Å². The summed E-state index contributed by atoms with van der Waals surface area (Å²) in [4.78, 5) is 0. The highest BCUT2D eigenvalue weighted by atomic mass is 14.1. The molecule has 0 radical (unpaired) electrons.